The fourth-order valence-corrected chi connectivity index (χ4v) is 1.53. The van der Waals surface area contributed by atoms with Crippen LogP contribution in [0, 0.1) is 0 Å². The average Bonchev–Trinajstić information content (AvgIpc) is 2.27. The number of likely N-dealkylation sites (N-methyl/N-ethyl adjacent to an activating group) is 1. The minimum absolute atomic E-state index is 0.0432. The number of anilines is 1. The van der Waals surface area contributed by atoms with Gasteiger partial charge in [0, 0.05) is 18.7 Å². The third-order valence-electron chi connectivity index (χ3n) is 2.84. The summed E-state index contributed by atoms with van der Waals surface area (Å²) in [6.45, 7) is 3.43. The first-order valence-corrected chi connectivity index (χ1v) is 5.64. The van der Waals surface area contributed by atoms with Crippen molar-refractivity contribution in [1.29, 1.82) is 0 Å². The average molecular weight is 236 g/mol. The number of hydrogen-bond donors (Lipinski definition) is 2. The van der Waals surface area contributed by atoms with Gasteiger partial charge in [0.2, 0.25) is 5.91 Å². The first-order chi connectivity index (χ1) is 7.91. The Morgan fingerprint density at radius 2 is 1.82 bits per heavy atom. The van der Waals surface area contributed by atoms with Crippen LogP contribution in [0.5, 0.6) is 0 Å². The van der Waals surface area contributed by atoms with Crippen molar-refractivity contribution in [3.05, 3.63) is 29.8 Å². The molecule has 0 saturated heterocycles. The monoisotopic (exact) mass is 236 g/mol. The zero-order chi connectivity index (χ0) is 13.0. The van der Waals surface area contributed by atoms with Gasteiger partial charge >= 0.3 is 0 Å². The van der Waals surface area contributed by atoms with Gasteiger partial charge in [-0.2, -0.15) is 0 Å². The normalized spacial score (nSPS) is 14.5. The number of nitrogens with zero attached hydrogens (tertiary/aromatic N) is 1. The lowest BCUT2D eigenvalue weighted by molar-refractivity contribution is -0.114. The maximum absolute atomic E-state index is 10.9. The van der Waals surface area contributed by atoms with Crippen molar-refractivity contribution < 1.29 is 9.90 Å². The van der Waals surface area contributed by atoms with Crippen molar-refractivity contribution in [2.75, 3.05) is 19.4 Å². The van der Waals surface area contributed by atoms with Crippen molar-refractivity contribution in [3.8, 4) is 0 Å². The predicted octanol–water partition coefficient (Wildman–Crippen LogP) is 1.63. The van der Waals surface area contributed by atoms with Gasteiger partial charge in [-0.3, -0.25) is 4.79 Å². The number of aliphatic hydroxyl groups is 1. The van der Waals surface area contributed by atoms with Crippen LogP contribution in [0.15, 0.2) is 24.3 Å². The summed E-state index contributed by atoms with van der Waals surface area (Å²) in [6.07, 6.45) is -0.531. The fourth-order valence-electron chi connectivity index (χ4n) is 1.53. The van der Waals surface area contributed by atoms with Gasteiger partial charge in [-0.25, -0.2) is 0 Å². The maximum Gasteiger partial charge on any atom is 0.221 e. The lowest BCUT2D eigenvalue weighted by atomic mass is 10.0. The Balaban J connectivity index is 2.76. The number of benzene rings is 1. The van der Waals surface area contributed by atoms with Crippen LogP contribution in [0.1, 0.15) is 25.5 Å². The summed E-state index contributed by atoms with van der Waals surface area (Å²) in [6, 6.07) is 7.29. The molecule has 0 aliphatic carbocycles. The van der Waals surface area contributed by atoms with E-state index in [1.807, 2.05) is 38.1 Å². The largest absolute Gasteiger partial charge is 0.387 e. The Morgan fingerprint density at radius 3 is 2.24 bits per heavy atom. The second-order valence-corrected chi connectivity index (χ2v) is 4.45. The Kier molecular flexibility index (Phi) is 4.66. The number of hydrogen-bond acceptors (Lipinski definition) is 3. The highest BCUT2D eigenvalue weighted by Gasteiger charge is 2.17. The van der Waals surface area contributed by atoms with Crippen LogP contribution in [0.3, 0.4) is 0 Å². The molecule has 1 aromatic rings. The molecule has 0 fully saturated rings. The van der Waals surface area contributed by atoms with E-state index in [1.54, 1.807) is 12.1 Å². The standard InChI is InChI=1S/C13H20N2O2/c1-9(15(3)4)13(17)11-5-7-12(8-6-11)14-10(2)16/h5-9,13,17H,1-4H3,(H,14,16)/t9-,13+/m0/s1. The van der Waals surface area contributed by atoms with Gasteiger partial charge in [0.25, 0.3) is 0 Å². The fraction of sp³-hybridized carbons (Fsp3) is 0.462. The molecule has 0 aliphatic rings. The minimum atomic E-state index is -0.531. The van der Waals surface area contributed by atoms with E-state index in [0.717, 1.165) is 11.3 Å². The van der Waals surface area contributed by atoms with Crippen LogP contribution in [0.25, 0.3) is 0 Å². The van der Waals surface area contributed by atoms with Crippen molar-refractivity contribution in [1.82, 2.24) is 4.90 Å². The van der Waals surface area contributed by atoms with Crippen LogP contribution >= 0.6 is 0 Å². The summed E-state index contributed by atoms with van der Waals surface area (Å²) >= 11 is 0. The van der Waals surface area contributed by atoms with E-state index < -0.39 is 6.10 Å². The van der Waals surface area contributed by atoms with E-state index in [2.05, 4.69) is 5.32 Å². The van der Waals surface area contributed by atoms with Crippen molar-refractivity contribution >= 4 is 11.6 Å². The first-order valence-electron chi connectivity index (χ1n) is 5.64. The van der Waals surface area contributed by atoms with Crippen LogP contribution in [-0.4, -0.2) is 36.1 Å². The molecule has 0 bridgehead atoms. The summed E-state index contributed by atoms with van der Waals surface area (Å²) in [5.41, 5.74) is 1.59. The van der Waals surface area contributed by atoms with Gasteiger partial charge < -0.3 is 15.3 Å². The number of aliphatic hydroxyl groups excluding tert-OH is 1. The van der Waals surface area contributed by atoms with Crippen molar-refractivity contribution in [2.45, 2.75) is 26.0 Å². The molecule has 1 aromatic carbocycles. The molecule has 0 spiro atoms. The third kappa shape index (κ3) is 3.84. The molecule has 2 N–H and O–H groups in total. The SMILES string of the molecule is CC(=O)Nc1ccc([C@H](O)[C@H](C)N(C)C)cc1. The van der Waals surface area contributed by atoms with E-state index >= 15 is 0 Å². The highest BCUT2D eigenvalue weighted by Crippen LogP contribution is 2.21. The van der Waals surface area contributed by atoms with Gasteiger partial charge in [0.15, 0.2) is 0 Å². The van der Waals surface area contributed by atoms with E-state index in [-0.39, 0.29) is 11.9 Å². The van der Waals surface area contributed by atoms with Gasteiger partial charge in [0.05, 0.1) is 6.10 Å². The summed E-state index contributed by atoms with van der Waals surface area (Å²) in [4.78, 5) is 12.8. The van der Waals surface area contributed by atoms with Crippen LogP contribution in [0.4, 0.5) is 5.69 Å². The maximum atomic E-state index is 10.9. The number of carbonyl (C=O) groups is 1. The van der Waals surface area contributed by atoms with Gasteiger partial charge in [-0.1, -0.05) is 12.1 Å². The summed E-state index contributed by atoms with van der Waals surface area (Å²) in [5, 5.41) is 12.8. The molecule has 17 heavy (non-hydrogen) atoms. The molecule has 0 radical (unpaired) electrons. The molecule has 0 saturated carbocycles. The molecule has 0 heterocycles. The van der Waals surface area contributed by atoms with E-state index in [9.17, 15) is 9.90 Å². The van der Waals surface area contributed by atoms with Crippen LogP contribution in [0.2, 0.25) is 0 Å². The Labute approximate surface area is 102 Å². The first kappa shape index (κ1) is 13.7. The summed E-state index contributed by atoms with van der Waals surface area (Å²) < 4.78 is 0. The molecule has 0 aromatic heterocycles. The second-order valence-electron chi connectivity index (χ2n) is 4.45. The topological polar surface area (TPSA) is 52.6 Å². The van der Waals surface area contributed by atoms with E-state index in [1.165, 1.54) is 6.92 Å². The van der Waals surface area contributed by atoms with Crippen molar-refractivity contribution in [2.24, 2.45) is 0 Å². The van der Waals surface area contributed by atoms with Gasteiger partial charge in [-0.15, -0.1) is 0 Å². The minimum Gasteiger partial charge on any atom is -0.387 e. The summed E-state index contributed by atoms with van der Waals surface area (Å²) in [5.74, 6) is -0.0973. The molecular weight excluding hydrogens is 216 g/mol. The quantitative estimate of drug-likeness (QED) is 0.835. The number of rotatable bonds is 4. The number of carbonyl (C=O) groups excluding carboxylic acids is 1. The molecule has 1 amide bonds. The highest BCUT2D eigenvalue weighted by atomic mass is 16.3. The van der Waals surface area contributed by atoms with Crippen LogP contribution < -0.4 is 5.32 Å². The second kappa shape index (κ2) is 5.80. The van der Waals surface area contributed by atoms with E-state index in [0.29, 0.717) is 0 Å². The van der Waals surface area contributed by atoms with Gasteiger partial charge in [-0.05, 0) is 38.7 Å². The number of nitrogens with one attached hydrogen (secondary N) is 1. The van der Waals surface area contributed by atoms with E-state index in [4.69, 9.17) is 0 Å². The van der Waals surface area contributed by atoms with Crippen LogP contribution in [-0.2, 0) is 4.79 Å². The predicted molar refractivity (Wildman–Crippen MR) is 68.9 cm³/mol. The van der Waals surface area contributed by atoms with Crippen molar-refractivity contribution in [3.63, 3.8) is 0 Å². The lowest BCUT2D eigenvalue weighted by Gasteiger charge is -2.25. The lowest BCUT2D eigenvalue weighted by Crippen LogP contribution is -2.30. The summed E-state index contributed by atoms with van der Waals surface area (Å²) in [7, 11) is 3.86. The zero-order valence-electron chi connectivity index (χ0n) is 10.8. The van der Waals surface area contributed by atoms with Gasteiger partial charge in [0.1, 0.15) is 0 Å². The molecule has 2 atom stereocenters. The zero-order valence-corrected chi connectivity index (χ0v) is 10.8. The molecule has 4 nitrogen and oxygen atoms in total. The molecule has 94 valence electrons. The third-order valence-corrected chi connectivity index (χ3v) is 2.84. The molecule has 0 unspecified atom stereocenters. The Bertz CT molecular complexity index is 374. The Hall–Kier alpha value is -1.39. The molecule has 4 heteroatoms. The smallest absolute Gasteiger partial charge is 0.221 e. The molecular formula is C13H20N2O2. The molecule has 0 aliphatic heterocycles. The Morgan fingerprint density at radius 1 is 1.29 bits per heavy atom. The highest BCUT2D eigenvalue weighted by molar-refractivity contribution is 5.88. The number of amides is 1. The molecule has 1 rings (SSSR count).